The van der Waals surface area contributed by atoms with Crippen LogP contribution in [0.1, 0.15) is 43.4 Å². The van der Waals surface area contributed by atoms with Crippen molar-refractivity contribution < 1.29 is 0 Å². The van der Waals surface area contributed by atoms with Gasteiger partial charge in [0.2, 0.25) is 0 Å². The Morgan fingerprint density at radius 2 is 1.93 bits per heavy atom. The van der Waals surface area contributed by atoms with Crippen LogP contribution in [-0.2, 0) is 0 Å². The Labute approximate surface area is 89.8 Å². The predicted molar refractivity (Wildman–Crippen MR) is 64.7 cm³/mol. The third-order valence-corrected chi connectivity index (χ3v) is 3.00. The summed E-state index contributed by atoms with van der Waals surface area (Å²) in [7, 11) is 0. The van der Waals surface area contributed by atoms with Crippen molar-refractivity contribution in [3.8, 4) is 0 Å². The van der Waals surface area contributed by atoms with Crippen molar-refractivity contribution in [2.24, 2.45) is 16.7 Å². The van der Waals surface area contributed by atoms with Gasteiger partial charge in [-0.25, -0.2) is 0 Å². The lowest BCUT2D eigenvalue weighted by atomic mass is 10.2. The van der Waals surface area contributed by atoms with Crippen molar-refractivity contribution in [3.05, 3.63) is 21.9 Å². The van der Waals surface area contributed by atoms with Gasteiger partial charge in [0.15, 0.2) is 5.84 Å². The van der Waals surface area contributed by atoms with Gasteiger partial charge in [0.1, 0.15) is 0 Å². The summed E-state index contributed by atoms with van der Waals surface area (Å²) in [6.07, 6.45) is 0. The van der Waals surface area contributed by atoms with E-state index in [1.54, 1.807) is 11.3 Å². The van der Waals surface area contributed by atoms with Gasteiger partial charge in [-0.05, 0) is 18.1 Å². The van der Waals surface area contributed by atoms with E-state index < -0.39 is 0 Å². The largest absolute Gasteiger partial charge is 0.381 e. The van der Waals surface area contributed by atoms with E-state index in [1.165, 1.54) is 4.88 Å². The molecule has 1 aromatic heterocycles. The summed E-state index contributed by atoms with van der Waals surface area (Å²) in [6, 6.07) is 4.01. The molecule has 0 aliphatic heterocycles. The molecule has 4 N–H and O–H groups in total. The minimum Gasteiger partial charge on any atom is -0.381 e. The van der Waals surface area contributed by atoms with Crippen LogP contribution >= 0.6 is 11.3 Å². The summed E-state index contributed by atoms with van der Waals surface area (Å²) < 4.78 is 0. The average molecular weight is 213 g/mol. The molecule has 1 heterocycles. The van der Waals surface area contributed by atoms with Gasteiger partial charge in [-0.3, -0.25) is 0 Å². The first-order valence-electron chi connectivity index (χ1n) is 4.78. The fourth-order valence-corrected chi connectivity index (χ4v) is 1.78. The first kappa shape index (κ1) is 13.0. The number of nitrogens with two attached hydrogens (primary N) is 2. The number of hydrogen-bond donors (Lipinski definition) is 2. The number of amidine groups is 1. The molecule has 0 saturated heterocycles. The van der Waals surface area contributed by atoms with E-state index in [1.807, 2.05) is 19.9 Å². The number of hydrogen-bond acceptors (Lipinski definition) is 3. The molecule has 0 unspecified atom stereocenters. The second-order valence-electron chi connectivity index (χ2n) is 2.87. The fraction of sp³-hybridized carbons (Fsp3) is 0.500. The summed E-state index contributed by atoms with van der Waals surface area (Å²) in [5.41, 5.74) is 5.54. The molecule has 3 nitrogen and oxygen atoms in total. The molecule has 1 aromatic rings. The number of thiophene rings is 1. The maximum Gasteiger partial charge on any atom is 0.160 e. The minimum atomic E-state index is 0.409. The molecule has 1 rings (SSSR count). The standard InChI is InChI=1S/C8H13N3S.C2H6/c1-5(2)6-3-4-7(12-6)8(9)11-10;1-2/h3-5H,10H2,1-2H3,(H2,9,11);1-2H3. The predicted octanol–water partition coefficient (Wildman–Crippen LogP) is 2.48. The van der Waals surface area contributed by atoms with Crippen LogP contribution in [0.2, 0.25) is 0 Å². The zero-order valence-corrected chi connectivity index (χ0v) is 10.1. The van der Waals surface area contributed by atoms with E-state index in [0.29, 0.717) is 11.8 Å². The Hall–Kier alpha value is -1.03. The van der Waals surface area contributed by atoms with Gasteiger partial charge in [0.05, 0.1) is 4.88 Å². The summed E-state index contributed by atoms with van der Waals surface area (Å²) in [5.74, 6) is 6.00. The van der Waals surface area contributed by atoms with E-state index in [2.05, 4.69) is 25.0 Å². The van der Waals surface area contributed by atoms with Crippen LogP contribution in [0.15, 0.2) is 17.2 Å². The van der Waals surface area contributed by atoms with Crippen molar-refractivity contribution in [2.45, 2.75) is 33.6 Å². The summed E-state index contributed by atoms with van der Waals surface area (Å²) in [4.78, 5) is 2.25. The molecule has 0 amide bonds. The van der Waals surface area contributed by atoms with Gasteiger partial charge >= 0.3 is 0 Å². The highest BCUT2D eigenvalue weighted by atomic mass is 32.1. The normalized spacial score (nSPS) is 11.1. The van der Waals surface area contributed by atoms with Crippen molar-refractivity contribution in [3.63, 3.8) is 0 Å². The first-order chi connectivity index (χ1) is 6.65. The molecule has 0 aliphatic carbocycles. The number of nitrogens with zero attached hydrogens (tertiary/aromatic N) is 1. The zero-order chi connectivity index (χ0) is 11.1. The molecule has 0 saturated carbocycles. The van der Waals surface area contributed by atoms with Gasteiger partial charge in [-0.1, -0.05) is 27.7 Å². The molecule has 80 valence electrons. The monoisotopic (exact) mass is 213 g/mol. The van der Waals surface area contributed by atoms with E-state index in [4.69, 9.17) is 11.6 Å². The molecule has 0 spiro atoms. The maximum atomic E-state index is 5.54. The zero-order valence-electron chi connectivity index (χ0n) is 9.24. The molecule has 4 heteroatoms. The van der Waals surface area contributed by atoms with Crippen LogP contribution in [0.5, 0.6) is 0 Å². The Balaban J connectivity index is 0.000000791. The molecule has 14 heavy (non-hydrogen) atoms. The van der Waals surface area contributed by atoms with Crippen LogP contribution < -0.4 is 11.6 Å². The highest BCUT2D eigenvalue weighted by Crippen LogP contribution is 2.23. The Kier molecular flexibility index (Phi) is 5.95. The minimum absolute atomic E-state index is 0.409. The van der Waals surface area contributed by atoms with E-state index in [0.717, 1.165) is 4.88 Å². The molecular weight excluding hydrogens is 194 g/mol. The van der Waals surface area contributed by atoms with Crippen LogP contribution in [0.4, 0.5) is 0 Å². The first-order valence-corrected chi connectivity index (χ1v) is 5.60. The van der Waals surface area contributed by atoms with E-state index in [9.17, 15) is 0 Å². The lowest BCUT2D eigenvalue weighted by Gasteiger charge is -1.97. The molecule has 0 aromatic carbocycles. The van der Waals surface area contributed by atoms with Gasteiger partial charge in [-0.2, -0.15) is 5.10 Å². The van der Waals surface area contributed by atoms with E-state index >= 15 is 0 Å². The van der Waals surface area contributed by atoms with Crippen molar-refractivity contribution in [1.29, 1.82) is 0 Å². The second kappa shape index (κ2) is 6.43. The Morgan fingerprint density at radius 1 is 1.36 bits per heavy atom. The number of hydrazone groups is 1. The molecule has 0 aliphatic rings. The maximum absolute atomic E-state index is 5.54. The van der Waals surface area contributed by atoms with Crippen LogP contribution in [0.25, 0.3) is 0 Å². The smallest absolute Gasteiger partial charge is 0.160 e. The highest BCUT2D eigenvalue weighted by molar-refractivity contribution is 7.14. The average Bonchev–Trinajstić information content (AvgIpc) is 2.68. The molecule has 0 bridgehead atoms. The van der Waals surface area contributed by atoms with Crippen molar-refractivity contribution >= 4 is 17.2 Å². The van der Waals surface area contributed by atoms with Crippen LogP contribution in [0, 0.1) is 0 Å². The van der Waals surface area contributed by atoms with Gasteiger partial charge in [0.25, 0.3) is 0 Å². The Bertz CT molecular complexity index is 289. The van der Waals surface area contributed by atoms with Crippen LogP contribution in [-0.4, -0.2) is 5.84 Å². The SMILES string of the molecule is CC.CC(C)c1ccc(/C(N)=N/N)s1. The summed E-state index contributed by atoms with van der Waals surface area (Å²) in [5, 5.41) is 3.44. The third-order valence-electron chi connectivity index (χ3n) is 1.59. The quantitative estimate of drug-likeness (QED) is 0.343. The molecule has 0 fully saturated rings. The van der Waals surface area contributed by atoms with E-state index in [-0.39, 0.29) is 0 Å². The molecule has 0 atom stereocenters. The van der Waals surface area contributed by atoms with Gasteiger partial charge in [0, 0.05) is 4.88 Å². The summed E-state index contributed by atoms with van der Waals surface area (Å²) >= 11 is 1.64. The van der Waals surface area contributed by atoms with Crippen molar-refractivity contribution in [2.75, 3.05) is 0 Å². The highest BCUT2D eigenvalue weighted by Gasteiger charge is 2.05. The van der Waals surface area contributed by atoms with Gasteiger partial charge < -0.3 is 11.6 Å². The molecular formula is C10H19N3S. The lowest BCUT2D eigenvalue weighted by Crippen LogP contribution is -2.13. The number of rotatable bonds is 2. The third kappa shape index (κ3) is 3.38. The van der Waals surface area contributed by atoms with Crippen molar-refractivity contribution in [1.82, 2.24) is 0 Å². The topological polar surface area (TPSA) is 64.4 Å². The Morgan fingerprint density at radius 3 is 2.29 bits per heavy atom. The molecule has 0 radical (unpaired) electrons. The summed E-state index contributed by atoms with van der Waals surface area (Å²) in [6.45, 7) is 8.29. The van der Waals surface area contributed by atoms with Crippen LogP contribution in [0.3, 0.4) is 0 Å². The lowest BCUT2D eigenvalue weighted by molar-refractivity contribution is 0.890. The van der Waals surface area contributed by atoms with Gasteiger partial charge in [-0.15, -0.1) is 11.3 Å². The second-order valence-corrected chi connectivity index (χ2v) is 3.99. The fourth-order valence-electron chi connectivity index (χ4n) is 0.864.